The van der Waals surface area contributed by atoms with E-state index in [0.29, 0.717) is 22.1 Å². The van der Waals surface area contributed by atoms with E-state index >= 15 is 0 Å². The van der Waals surface area contributed by atoms with Gasteiger partial charge in [-0.2, -0.15) is 0 Å². The fourth-order valence-electron chi connectivity index (χ4n) is 3.41. The van der Waals surface area contributed by atoms with Crippen molar-refractivity contribution in [2.45, 2.75) is 31.2 Å². The second-order valence-corrected chi connectivity index (χ2v) is 9.10. The van der Waals surface area contributed by atoms with Gasteiger partial charge in [-0.05, 0) is 68.1 Å². The van der Waals surface area contributed by atoms with Crippen LogP contribution in [0.5, 0.6) is 0 Å². The summed E-state index contributed by atoms with van der Waals surface area (Å²) in [6, 6.07) is 9.51. The van der Waals surface area contributed by atoms with E-state index in [-0.39, 0.29) is 11.8 Å². The Balaban J connectivity index is 1.44. The number of fused-ring (bicyclic) bond motifs is 1. The largest absolute Gasteiger partial charge is 0.337 e. The standard InChI is InChI=1S/C20H22ClN3O2S/c1-24-10-6-13-2-3-15(12-14(13)7-11-24)22-19(26)20(8-9-20)23-18(25)16-4-5-17(21)27-16/h2-5,12H,6-11H2,1H3,(H,22,26)(H,23,25). The van der Waals surface area contributed by atoms with Crippen molar-refractivity contribution in [1.29, 1.82) is 0 Å². The van der Waals surface area contributed by atoms with Gasteiger partial charge in [-0.3, -0.25) is 9.59 Å². The van der Waals surface area contributed by atoms with Gasteiger partial charge >= 0.3 is 0 Å². The monoisotopic (exact) mass is 403 g/mol. The topological polar surface area (TPSA) is 61.4 Å². The van der Waals surface area contributed by atoms with E-state index in [0.717, 1.165) is 31.6 Å². The van der Waals surface area contributed by atoms with Crippen molar-refractivity contribution in [1.82, 2.24) is 10.2 Å². The normalized spacial score (nSPS) is 18.3. The van der Waals surface area contributed by atoms with Gasteiger partial charge in [0, 0.05) is 18.8 Å². The van der Waals surface area contributed by atoms with Crippen LogP contribution < -0.4 is 10.6 Å². The van der Waals surface area contributed by atoms with E-state index < -0.39 is 5.54 Å². The van der Waals surface area contributed by atoms with Crippen molar-refractivity contribution >= 4 is 40.4 Å². The molecule has 1 saturated carbocycles. The Morgan fingerprint density at radius 2 is 1.85 bits per heavy atom. The minimum absolute atomic E-state index is 0.149. The van der Waals surface area contributed by atoms with Crippen molar-refractivity contribution in [3.63, 3.8) is 0 Å². The average Bonchev–Trinajstić information content (AvgIpc) is 3.34. The molecule has 0 saturated heterocycles. The molecule has 1 aliphatic heterocycles. The van der Waals surface area contributed by atoms with Gasteiger partial charge in [-0.15, -0.1) is 11.3 Å². The molecule has 0 unspecified atom stereocenters. The Bertz CT molecular complexity index is 891. The van der Waals surface area contributed by atoms with Crippen molar-refractivity contribution < 1.29 is 9.59 Å². The zero-order valence-corrected chi connectivity index (χ0v) is 16.8. The third-order valence-electron chi connectivity index (χ3n) is 5.32. The summed E-state index contributed by atoms with van der Waals surface area (Å²) in [5.41, 5.74) is 2.63. The highest BCUT2D eigenvalue weighted by molar-refractivity contribution is 7.18. The number of hydrogen-bond donors (Lipinski definition) is 2. The summed E-state index contributed by atoms with van der Waals surface area (Å²) in [6.07, 6.45) is 3.32. The summed E-state index contributed by atoms with van der Waals surface area (Å²) in [7, 11) is 2.13. The van der Waals surface area contributed by atoms with Crippen LogP contribution in [-0.4, -0.2) is 42.4 Å². The van der Waals surface area contributed by atoms with Crippen molar-refractivity contribution in [2.75, 3.05) is 25.5 Å². The molecule has 0 radical (unpaired) electrons. The predicted molar refractivity (Wildman–Crippen MR) is 109 cm³/mol. The minimum Gasteiger partial charge on any atom is -0.337 e. The number of nitrogens with one attached hydrogen (secondary N) is 2. The second kappa shape index (κ2) is 7.26. The lowest BCUT2D eigenvalue weighted by Gasteiger charge is -2.17. The Labute approximate surface area is 167 Å². The van der Waals surface area contributed by atoms with Crippen LogP contribution in [0.1, 0.15) is 33.6 Å². The summed E-state index contributed by atoms with van der Waals surface area (Å²) in [6.45, 7) is 2.08. The zero-order chi connectivity index (χ0) is 19.0. The number of carbonyl (C=O) groups excluding carboxylic acids is 2. The van der Waals surface area contributed by atoms with Gasteiger partial charge in [0.05, 0.1) is 9.21 Å². The lowest BCUT2D eigenvalue weighted by atomic mass is 10.0. The summed E-state index contributed by atoms with van der Waals surface area (Å²) in [5, 5.41) is 5.89. The summed E-state index contributed by atoms with van der Waals surface area (Å²) in [4.78, 5) is 28.0. The molecule has 4 rings (SSSR count). The first-order valence-corrected chi connectivity index (χ1v) is 10.3. The predicted octanol–water partition coefficient (Wildman–Crippen LogP) is 3.33. The molecule has 0 bridgehead atoms. The molecule has 2 amide bonds. The van der Waals surface area contributed by atoms with Crippen LogP contribution >= 0.6 is 22.9 Å². The molecule has 1 aliphatic carbocycles. The molecular weight excluding hydrogens is 382 g/mol. The molecule has 0 atom stereocenters. The molecule has 27 heavy (non-hydrogen) atoms. The first-order chi connectivity index (χ1) is 12.9. The number of halogens is 1. The van der Waals surface area contributed by atoms with Crippen LogP contribution in [0.4, 0.5) is 5.69 Å². The van der Waals surface area contributed by atoms with Crippen molar-refractivity contribution in [3.8, 4) is 0 Å². The Hall–Kier alpha value is -1.89. The molecule has 7 heteroatoms. The maximum absolute atomic E-state index is 12.8. The minimum atomic E-state index is -0.805. The fourth-order valence-corrected chi connectivity index (χ4v) is 4.35. The number of anilines is 1. The maximum atomic E-state index is 12.8. The van der Waals surface area contributed by atoms with Crippen LogP contribution in [0, 0.1) is 0 Å². The summed E-state index contributed by atoms with van der Waals surface area (Å²) in [5.74, 6) is -0.395. The van der Waals surface area contributed by atoms with Gasteiger partial charge in [0.1, 0.15) is 5.54 Å². The van der Waals surface area contributed by atoms with Gasteiger partial charge in [0.2, 0.25) is 5.91 Å². The third kappa shape index (κ3) is 4.03. The van der Waals surface area contributed by atoms with E-state index in [9.17, 15) is 9.59 Å². The van der Waals surface area contributed by atoms with Crippen molar-refractivity contribution in [3.05, 3.63) is 50.7 Å². The molecule has 1 aromatic heterocycles. The number of thiophene rings is 1. The summed E-state index contributed by atoms with van der Waals surface area (Å²) >= 11 is 7.11. The number of amides is 2. The second-order valence-electron chi connectivity index (χ2n) is 7.38. The molecule has 1 fully saturated rings. The maximum Gasteiger partial charge on any atom is 0.262 e. The van der Waals surface area contributed by atoms with Gasteiger partial charge < -0.3 is 15.5 Å². The van der Waals surface area contributed by atoms with Gasteiger partial charge in [0.15, 0.2) is 0 Å². The molecule has 2 heterocycles. The SMILES string of the molecule is CN1CCc2ccc(NC(=O)C3(NC(=O)c4ccc(Cl)s4)CC3)cc2CC1. The molecule has 5 nitrogen and oxygen atoms in total. The highest BCUT2D eigenvalue weighted by Crippen LogP contribution is 2.37. The van der Waals surface area contributed by atoms with E-state index in [2.05, 4.69) is 34.7 Å². The van der Waals surface area contributed by atoms with Gasteiger partial charge in [-0.1, -0.05) is 17.7 Å². The van der Waals surface area contributed by atoms with E-state index in [4.69, 9.17) is 11.6 Å². The van der Waals surface area contributed by atoms with Crippen LogP contribution in [0.15, 0.2) is 30.3 Å². The lowest BCUT2D eigenvalue weighted by molar-refractivity contribution is -0.118. The molecule has 2 aromatic rings. The van der Waals surface area contributed by atoms with E-state index in [1.54, 1.807) is 12.1 Å². The number of nitrogens with zero attached hydrogens (tertiary/aromatic N) is 1. The molecule has 1 aromatic carbocycles. The number of hydrogen-bond acceptors (Lipinski definition) is 4. The first kappa shape index (κ1) is 18.5. The molecule has 2 aliphatic rings. The van der Waals surface area contributed by atoms with Gasteiger partial charge in [-0.25, -0.2) is 0 Å². The number of carbonyl (C=O) groups is 2. The smallest absolute Gasteiger partial charge is 0.262 e. The van der Waals surface area contributed by atoms with Crippen LogP contribution in [-0.2, 0) is 17.6 Å². The van der Waals surface area contributed by atoms with Crippen LogP contribution in [0.3, 0.4) is 0 Å². The van der Waals surface area contributed by atoms with Crippen LogP contribution in [0.2, 0.25) is 4.34 Å². The Kier molecular flexibility index (Phi) is 4.97. The summed E-state index contributed by atoms with van der Waals surface area (Å²) < 4.78 is 0.560. The number of benzene rings is 1. The highest BCUT2D eigenvalue weighted by Gasteiger charge is 2.51. The molecular formula is C20H22ClN3O2S. The Morgan fingerprint density at radius 1 is 1.11 bits per heavy atom. The van der Waals surface area contributed by atoms with Crippen LogP contribution in [0.25, 0.3) is 0 Å². The average molecular weight is 404 g/mol. The van der Waals surface area contributed by atoms with Crippen molar-refractivity contribution in [2.24, 2.45) is 0 Å². The molecule has 142 valence electrons. The third-order valence-corrected chi connectivity index (χ3v) is 6.55. The number of rotatable bonds is 4. The Morgan fingerprint density at radius 3 is 2.52 bits per heavy atom. The highest BCUT2D eigenvalue weighted by atomic mass is 35.5. The first-order valence-electron chi connectivity index (χ1n) is 9.15. The fraction of sp³-hybridized carbons (Fsp3) is 0.400. The van der Waals surface area contributed by atoms with Gasteiger partial charge in [0.25, 0.3) is 5.91 Å². The molecule has 2 N–H and O–H groups in total. The molecule has 0 spiro atoms. The lowest BCUT2D eigenvalue weighted by Crippen LogP contribution is -2.46. The zero-order valence-electron chi connectivity index (χ0n) is 15.2. The van der Waals surface area contributed by atoms with E-state index in [1.165, 1.54) is 22.5 Å². The number of likely N-dealkylation sites (N-methyl/N-ethyl adjacent to an activating group) is 1. The van der Waals surface area contributed by atoms with E-state index in [1.807, 2.05) is 6.07 Å². The quantitative estimate of drug-likeness (QED) is 0.823.